The van der Waals surface area contributed by atoms with Crippen LogP contribution in [-0.4, -0.2) is 31.6 Å². The quantitative estimate of drug-likeness (QED) is 0.759. The molecule has 0 spiro atoms. The Bertz CT molecular complexity index is 487. The largest absolute Gasteiger partial charge is 0.351 e. The number of pyridine rings is 1. The van der Waals surface area contributed by atoms with Crippen LogP contribution < -0.4 is 10.5 Å². The Labute approximate surface area is 108 Å². The van der Waals surface area contributed by atoms with Gasteiger partial charge in [-0.15, -0.1) is 0 Å². The van der Waals surface area contributed by atoms with Gasteiger partial charge in [0.1, 0.15) is 5.69 Å². The number of carbonyl (C=O) groups is 1. The van der Waals surface area contributed by atoms with E-state index in [-0.39, 0.29) is 30.3 Å². The number of carbonyl (C=O) groups excluding carboxylic acids is 1. The van der Waals surface area contributed by atoms with Gasteiger partial charge in [0.15, 0.2) is 0 Å². The minimum absolute atomic E-state index is 0.152. The molecule has 1 heterocycles. The zero-order chi connectivity index (χ0) is 12.9. The predicted molar refractivity (Wildman–Crippen MR) is 66.9 cm³/mol. The fraction of sp³-hybridized carbons (Fsp3) is 0.333. The second-order valence-electron chi connectivity index (χ2n) is 3.34. The maximum atomic E-state index is 11.5. The van der Waals surface area contributed by atoms with Crippen LogP contribution in [0, 0.1) is 0 Å². The standard InChI is InChI=1S/C9H12BrN3O3S/c10-7-2-3-8(13-6-7)9(14)12-4-1-5-17(11,15)16/h2-3,6H,1,4-5H2,(H,12,14)(H2,11,15,16). The molecule has 1 amide bonds. The van der Waals surface area contributed by atoms with Crippen molar-refractivity contribution in [2.24, 2.45) is 5.14 Å². The number of nitrogens with one attached hydrogen (secondary N) is 1. The Morgan fingerprint density at radius 2 is 2.18 bits per heavy atom. The lowest BCUT2D eigenvalue weighted by Gasteiger charge is -2.03. The summed E-state index contributed by atoms with van der Waals surface area (Å²) in [5.41, 5.74) is 0.281. The highest BCUT2D eigenvalue weighted by molar-refractivity contribution is 9.10. The summed E-state index contributed by atoms with van der Waals surface area (Å²) < 4.78 is 22.0. The molecule has 8 heteroatoms. The van der Waals surface area contributed by atoms with E-state index in [9.17, 15) is 13.2 Å². The van der Waals surface area contributed by atoms with Gasteiger partial charge in [-0.2, -0.15) is 0 Å². The number of nitrogens with zero attached hydrogens (tertiary/aromatic N) is 1. The van der Waals surface area contributed by atoms with E-state index in [1.165, 1.54) is 6.20 Å². The van der Waals surface area contributed by atoms with Crippen molar-refractivity contribution in [1.29, 1.82) is 0 Å². The molecule has 0 bridgehead atoms. The SMILES string of the molecule is NS(=O)(=O)CCCNC(=O)c1ccc(Br)cn1. The van der Waals surface area contributed by atoms with Crippen molar-refractivity contribution < 1.29 is 13.2 Å². The van der Waals surface area contributed by atoms with Crippen LogP contribution in [0.15, 0.2) is 22.8 Å². The number of rotatable bonds is 5. The zero-order valence-corrected chi connectivity index (χ0v) is 11.3. The molecule has 0 atom stereocenters. The van der Waals surface area contributed by atoms with Gasteiger partial charge in [0.05, 0.1) is 5.75 Å². The van der Waals surface area contributed by atoms with Crippen LogP contribution in [0.25, 0.3) is 0 Å². The average molecular weight is 322 g/mol. The number of hydrogen-bond acceptors (Lipinski definition) is 4. The molecule has 1 aromatic rings. The number of aromatic nitrogens is 1. The van der Waals surface area contributed by atoms with Gasteiger partial charge in [0.25, 0.3) is 5.91 Å². The fourth-order valence-corrected chi connectivity index (χ4v) is 1.86. The van der Waals surface area contributed by atoms with Crippen molar-refractivity contribution in [3.05, 3.63) is 28.5 Å². The minimum atomic E-state index is -3.47. The third-order valence-electron chi connectivity index (χ3n) is 1.85. The van der Waals surface area contributed by atoms with E-state index in [4.69, 9.17) is 5.14 Å². The van der Waals surface area contributed by atoms with Crippen molar-refractivity contribution >= 4 is 31.9 Å². The molecule has 0 unspecified atom stereocenters. The molecule has 0 fully saturated rings. The van der Waals surface area contributed by atoms with E-state index in [2.05, 4.69) is 26.2 Å². The molecule has 1 aromatic heterocycles. The minimum Gasteiger partial charge on any atom is -0.351 e. The first-order valence-corrected chi connectivity index (χ1v) is 7.29. The topological polar surface area (TPSA) is 102 Å². The van der Waals surface area contributed by atoms with E-state index < -0.39 is 10.0 Å². The molecule has 17 heavy (non-hydrogen) atoms. The first-order valence-electron chi connectivity index (χ1n) is 4.79. The Morgan fingerprint density at radius 3 is 2.71 bits per heavy atom. The molecule has 1 rings (SSSR count). The van der Waals surface area contributed by atoms with E-state index in [1.54, 1.807) is 12.1 Å². The van der Waals surface area contributed by atoms with Gasteiger partial charge in [-0.25, -0.2) is 18.5 Å². The first kappa shape index (κ1) is 14.1. The van der Waals surface area contributed by atoms with E-state index >= 15 is 0 Å². The highest BCUT2D eigenvalue weighted by atomic mass is 79.9. The van der Waals surface area contributed by atoms with Crippen LogP contribution in [0.5, 0.6) is 0 Å². The molecule has 0 aliphatic carbocycles. The summed E-state index contributed by atoms with van der Waals surface area (Å²) in [5.74, 6) is -0.493. The van der Waals surface area contributed by atoms with E-state index in [0.29, 0.717) is 0 Å². The monoisotopic (exact) mass is 321 g/mol. The van der Waals surface area contributed by atoms with Gasteiger partial charge in [-0.1, -0.05) is 0 Å². The summed E-state index contributed by atoms with van der Waals surface area (Å²) in [6.45, 7) is 0.243. The van der Waals surface area contributed by atoms with Crippen LogP contribution in [-0.2, 0) is 10.0 Å². The second-order valence-corrected chi connectivity index (χ2v) is 5.99. The van der Waals surface area contributed by atoms with Crippen molar-refractivity contribution in [2.75, 3.05) is 12.3 Å². The van der Waals surface area contributed by atoms with Crippen LogP contribution in [0.2, 0.25) is 0 Å². The maximum absolute atomic E-state index is 11.5. The first-order chi connectivity index (χ1) is 7.88. The number of amides is 1. The van der Waals surface area contributed by atoms with Gasteiger partial charge in [0, 0.05) is 17.2 Å². The van der Waals surface area contributed by atoms with Gasteiger partial charge in [-0.05, 0) is 34.5 Å². The van der Waals surface area contributed by atoms with Gasteiger partial charge in [0.2, 0.25) is 10.0 Å². The number of hydrogen-bond donors (Lipinski definition) is 2. The highest BCUT2D eigenvalue weighted by Gasteiger charge is 2.07. The summed E-state index contributed by atoms with van der Waals surface area (Å²) in [6.07, 6.45) is 1.79. The van der Waals surface area contributed by atoms with Crippen molar-refractivity contribution in [1.82, 2.24) is 10.3 Å². The zero-order valence-electron chi connectivity index (χ0n) is 8.89. The van der Waals surface area contributed by atoms with Crippen molar-refractivity contribution in [3.8, 4) is 0 Å². The molecule has 6 nitrogen and oxygen atoms in total. The smallest absolute Gasteiger partial charge is 0.269 e. The van der Waals surface area contributed by atoms with E-state index in [0.717, 1.165) is 4.47 Å². The molecular weight excluding hydrogens is 310 g/mol. The fourth-order valence-electron chi connectivity index (χ4n) is 1.08. The Balaban J connectivity index is 2.38. The predicted octanol–water partition coefficient (Wildman–Crippen LogP) is 0.253. The molecule has 0 aliphatic heterocycles. The van der Waals surface area contributed by atoms with Crippen molar-refractivity contribution in [2.45, 2.75) is 6.42 Å². The second kappa shape index (κ2) is 6.08. The molecule has 3 N–H and O–H groups in total. The average Bonchev–Trinajstić information content (AvgIpc) is 2.24. The lowest BCUT2D eigenvalue weighted by Crippen LogP contribution is -2.27. The lowest BCUT2D eigenvalue weighted by atomic mass is 10.3. The summed E-state index contributed by atoms with van der Waals surface area (Å²) >= 11 is 3.21. The number of primary sulfonamides is 1. The molecule has 0 radical (unpaired) electrons. The molecular formula is C9H12BrN3O3S. The van der Waals surface area contributed by atoms with Gasteiger partial charge in [-0.3, -0.25) is 4.79 Å². The van der Waals surface area contributed by atoms with Crippen molar-refractivity contribution in [3.63, 3.8) is 0 Å². The maximum Gasteiger partial charge on any atom is 0.269 e. The van der Waals surface area contributed by atoms with Gasteiger partial charge < -0.3 is 5.32 Å². The third-order valence-corrected chi connectivity index (χ3v) is 3.18. The molecule has 0 saturated carbocycles. The molecule has 0 saturated heterocycles. The van der Waals surface area contributed by atoms with Crippen LogP contribution in [0.4, 0.5) is 0 Å². The molecule has 94 valence electrons. The van der Waals surface area contributed by atoms with Gasteiger partial charge >= 0.3 is 0 Å². The summed E-state index contributed by atoms with van der Waals surface area (Å²) in [4.78, 5) is 15.4. The van der Waals surface area contributed by atoms with Crippen LogP contribution in [0.3, 0.4) is 0 Å². The van der Waals surface area contributed by atoms with Crippen LogP contribution in [0.1, 0.15) is 16.9 Å². The Morgan fingerprint density at radius 1 is 1.47 bits per heavy atom. The van der Waals surface area contributed by atoms with E-state index in [1.807, 2.05) is 0 Å². The third kappa shape index (κ3) is 5.76. The lowest BCUT2D eigenvalue weighted by molar-refractivity contribution is 0.0948. The normalized spacial score (nSPS) is 11.2. The summed E-state index contributed by atoms with van der Waals surface area (Å²) in [6, 6.07) is 3.27. The Hall–Kier alpha value is -0.990. The number of halogens is 1. The highest BCUT2D eigenvalue weighted by Crippen LogP contribution is 2.07. The van der Waals surface area contributed by atoms with Crippen LogP contribution >= 0.6 is 15.9 Å². The number of nitrogens with two attached hydrogens (primary N) is 1. The number of sulfonamides is 1. The summed E-state index contributed by atoms with van der Waals surface area (Å²) in [5, 5.41) is 7.38. The molecule has 0 aliphatic rings. The summed E-state index contributed by atoms with van der Waals surface area (Å²) in [7, 11) is -3.47. The Kier molecular flexibility index (Phi) is 5.03. The molecule has 0 aromatic carbocycles.